The minimum absolute atomic E-state index is 0.132. The molecule has 3 aromatic carbocycles. The van der Waals surface area contributed by atoms with Crippen LogP contribution in [0.3, 0.4) is 0 Å². The molecule has 1 aromatic heterocycles. The fraction of sp³-hybridized carbons (Fsp3) is 0.324. The molecule has 0 bridgehead atoms. The van der Waals surface area contributed by atoms with Gasteiger partial charge < -0.3 is 30.3 Å². The van der Waals surface area contributed by atoms with Crippen LogP contribution in [0.5, 0.6) is 11.5 Å². The summed E-state index contributed by atoms with van der Waals surface area (Å²) in [7, 11) is -4.70. The number of likely N-dealkylation sites (tertiary alicyclic amines) is 1. The van der Waals surface area contributed by atoms with E-state index in [9.17, 15) is 31.2 Å². The molecule has 1 saturated heterocycles. The molecule has 0 aliphatic carbocycles. The molecule has 12 nitrogen and oxygen atoms in total. The summed E-state index contributed by atoms with van der Waals surface area (Å²) in [5, 5.41) is 4.91. The van der Waals surface area contributed by atoms with Crippen LogP contribution in [0.25, 0.3) is 10.8 Å². The lowest BCUT2D eigenvalue weighted by Crippen LogP contribution is -2.38. The lowest BCUT2D eigenvalue weighted by molar-refractivity contribution is -0.203. The van der Waals surface area contributed by atoms with Gasteiger partial charge >= 0.3 is 12.1 Å². The first-order chi connectivity index (χ1) is 23.7. The van der Waals surface area contributed by atoms with Crippen LogP contribution in [0.15, 0.2) is 77.8 Å². The third kappa shape index (κ3) is 8.19. The van der Waals surface area contributed by atoms with Crippen LogP contribution in [-0.2, 0) is 24.4 Å². The molecule has 2 unspecified atom stereocenters. The van der Waals surface area contributed by atoms with Crippen LogP contribution in [0.1, 0.15) is 56.8 Å². The van der Waals surface area contributed by atoms with E-state index in [1.165, 1.54) is 17.0 Å². The molecule has 4 aromatic rings. The zero-order valence-electron chi connectivity index (χ0n) is 27.4. The quantitative estimate of drug-likeness (QED) is 0.153. The number of fused-ring (bicyclic) bond motifs is 1. The van der Waals surface area contributed by atoms with Gasteiger partial charge in [-0.15, -0.1) is 0 Å². The number of aromatic nitrogens is 1. The molecule has 0 saturated carbocycles. The van der Waals surface area contributed by atoms with Gasteiger partial charge in [0.2, 0.25) is 5.91 Å². The zero-order valence-corrected chi connectivity index (χ0v) is 28.2. The maximum Gasteiger partial charge on any atom is 0.492 e. The largest absolute Gasteiger partial charge is 0.492 e. The number of nitrogen functional groups attached to an aromatic ring is 1. The molecule has 4 N–H and O–H groups in total. The van der Waals surface area contributed by atoms with Gasteiger partial charge in [-0.05, 0) is 104 Å². The molecule has 0 radical (unpaired) electrons. The number of nitrogens with two attached hydrogens (primary N) is 1. The number of sulfonamides is 1. The first-order valence-electron chi connectivity index (χ1n) is 15.7. The van der Waals surface area contributed by atoms with Gasteiger partial charge in [-0.2, -0.15) is 13.2 Å². The van der Waals surface area contributed by atoms with E-state index in [0.717, 1.165) is 16.8 Å². The highest BCUT2D eigenvalue weighted by Gasteiger charge is 2.42. The Balaban J connectivity index is 1.49. The Bertz CT molecular complexity index is 1990. The normalized spacial score (nSPS) is 15.6. The molecule has 1 aliphatic rings. The fourth-order valence-corrected chi connectivity index (χ4v) is 6.53. The van der Waals surface area contributed by atoms with Gasteiger partial charge in [0.05, 0.1) is 23.6 Å². The van der Waals surface area contributed by atoms with Crippen molar-refractivity contribution in [3.63, 3.8) is 0 Å². The summed E-state index contributed by atoms with van der Waals surface area (Å²) in [5.41, 5.74) is 7.66. The Morgan fingerprint density at radius 2 is 1.84 bits per heavy atom. The highest BCUT2D eigenvalue weighted by molar-refractivity contribution is 7.89. The average molecular weight is 716 g/mol. The molecule has 1 amide bonds. The van der Waals surface area contributed by atoms with Gasteiger partial charge in [-0.3, -0.25) is 4.79 Å². The van der Waals surface area contributed by atoms with Gasteiger partial charge in [0, 0.05) is 23.8 Å². The van der Waals surface area contributed by atoms with Gasteiger partial charge in [0.1, 0.15) is 11.9 Å². The van der Waals surface area contributed by atoms with Crippen molar-refractivity contribution in [1.29, 1.82) is 0 Å². The maximum atomic E-state index is 14.6. The molecule has 1 aliphatic heterocycles. The van der Waals surface area contributed by atoms with Crippen LogP contribution < -0.4 is 25.4 Å². The smallest absolute Gasteiger partial charge is 0.490 e. The topological polar surface area (TPSA) is 162 Å². The summed E-state index contributed by atoms with van der Waals surface area (Å²) >= 11 is 0. The number of pyridine rings is 1. The number of nitrogens with one attached hydrogen (secondary N) is 2. The number of anilines is 2. The fourth-order valence-electron chi connectivity index (χ4n) is 5.70. The summed E-state index contributed by atoms with van der Waals surface area (Å²) in [6.07, 6.45) is -2.87. The summed E-state index contributed by atoms with van der Waals surface area (Å²) in [5.74, 6) is -1.72. The van der Waals surface area contributed by atoms with E-state index in [1.54, 1.807) is 53.6 Å². The average Bonchev–Trinajstić information content (AvgIpc) is 3.57. The molecule has 5 rings (SSSR count). The minimum atomic E-state index is -5.40. The van der Waals surface area contributed by atoms with E-state index in [1.807, 2.05) is 26.8 Å². The first-order valence-corrected chi connectivity index (χ1v) is 17.2. The van der Waals surface area contributed by atoms with E-state index in [2.05, 4.69) is 15.1 Å². The van der Waals surface area contributed by atoms with Crippen molar-refractivity contribution in [2.24, 2.45) is 0 Å². The molecule has 2 heterocycles. The van der Waals surface area contributed by atoms with Crippen LogP contribution in [0.2, 0.25) is 0 Å². The molecule has 1 fully saturated rings. The minimum Gasteiger partial charge on any atom is -0.490 e. The number of ether oxygens (including phenoxy) is 2. The summed E-state index contributed by atoms with van der Waals surface area (Å²) in [6.45, 7) is 6.30. The monoisotopic (exact) mass is 715 g/mol. The number of hydrogen-bond acceptors (Lipinski definition) is 10. The SMILES string of the molecule is CCOc1cc(C(Nc2ccc3c(N)nccc3c2)C(=O)N2CCCC2c2cccc(S(=O)(=O)NOC(=O)C(F)(F)F)c2)ccc1OC(C)C. The predicted molar refractivity (Wildman–Crippen MR) is 178 cm³/mol. The van der Waals surface area contributed by atoms with Crippen molar-refractivity contribution in [3.8, 4) is 11.5 Å². The van der Waals surface area contributed by atoms with Gasteiger partial charge in [-0.25, -0.2) is 18.2 Å². The van der Waals surface area contributed by atoms with E-state index >= 15 is 0 Å². The van der Waals surface area contributed by atoms with E-state index in [-0.39, 0.29) is 12.0 Å². The highest BCUT2D eigenvalue weighted by Crippen LogP contribution is 2.38. The molecular formula is C34H36F3N5O7S. The maximum absolute atomic E-state index is 14.6. The molecule has 0 spiro atoms. The van der Waals surface area contributed by atoms with Crippen LogP contribution in [-0.4, -0.2) is 55.6 Å². The third-order valence-electron chi connectivity index (χ3n) is 7.88. The summed E-state index contributed by atoms with van der Waals surface area (Å²) in [6, 6.07) is 16.3. The third-order valence-corrected chi connectivity index (χ3v) is 9.06. The van der Waals surface area contributed by atoms with Crippen molar-refractivity contribution in [1.82, 2.24) is 14.8 Å². The Hall–Kier alpha value is -5.09. The number of carbonyl (C=O) groups is 2. The summed E-state index contributed by atoms with van der Waals surface area (Å²) in [4.78, 5) is 36.0. The van der Waals surface area contributed by atoms with Crippen molar-refractivity contribution in [2.45, 2.75) is 62.9 Å². The number of hydrogen-bond donors (Lipinski definition) is 3. The van der Waals surface area contributed by atoms with Gasteiger partial charge in [0.15, 0.2) is 11.5 Å². The molecule has 16 heteroatoms. The second-order valence-electron chi connectivity index (χ2n) is 11.8. The van der Waals surface area contributed by atoms with Crippen molar-refractivity contribution < 1.29 is 45.5 Å². The van der Waals surface area contributed by atoms with Gasteiger partial charge in [0.25, 0.3) is 10.0 Å². The van der Waals surface area contributed by atoms with Crippen molar-refractivity contribution in [2.75, 3.05) is 24.2 Å². The number of amides is 1. The standard InChI is InChI=1S/C34H36F3N5O7S/c1-4-47-29-19-23(10-13-28(29)48-20(2)3)30(40-24-11-12-26-21(17-24)14-15-39-31(26)38)32(43)42-16-6-9-27(42)22-7-5-8-25(18-22)50(45,46)41-49-33(44)34(35,36)37/h5,7-8,10-15,17-20,27,30,40-41H,4,6,9,16H2,1-3H3,(H2,38,39). The molecule has 266 valence electrons. The van der Waals surface area contributed by atoms with Crippen LogP contribution in [0, 0.1) is 0 Å². The molecular weight excluding hydrogens is 679 g/mol. The Morgan fingerprint density at radius 3 is 2.56 bits per heavy atom. The van der Waals surface area contributed by atoms with Crippen LogP contribution in [0.4, 0.5) is 24.7 Å². The number of carbonyl (C=O) groups excluding carboxylic acids is 2. The number of alkyl halides is 3. The Morgan fingerprint density at radius 1 is 1.06 bits per heavy atom. The van der Waals surface area contributed by atoms with Gasteiger partial charge in [-0.1, -0.05) is 18.2 Å². The number of nitrogens with zero attached hydrogens (tertiary/aromatic N) is 2. The molecule has 50 heavy (non-hydrogen) atoms. The Kier molecular flexibility index (Phi) is 10.7. The lowest BCUT2D eigenvalue weighted by atomic mass is 10.0. The lowest BCUT2D eigenvalue weighted by Gasteiger charge is -2.31. The van der Waals surface area contributed by atoms with E-state index < -0.39 is 39.1 Å². The first kappa shape index (κ1) is 36.2. The number of halogens is 3. The van der Waals surface area contributed by atoms with Crippen molar-refractivity contribution >= 4 is 44.2 Å². The van der Waals surface area contributed by atoms with Crippen molar-refractivity contribution in [3.05, 3.63) is 84.1 Å². The zero-order chi connectivity index (χ0) is 36.2. The Labute approximate surface area is 286 Å². The van der Waals surface area contributed by atoms with E-state index in [0.29, 0.717) is 60.1 Å². The molecule has 2 atom stereocenters. The van der Waals surface area contributed by atoms with Crippen LogP contribution >= 0.6 is 0 Å². The second-order valence-corrected chi connectivity index (χ2v) is 13.4. The number of rotatable bonds is 12. The van der Waals surface area contributed by atoms with E-state index in [4.69, 9.17) is 15.2 Å². The highest BCUT2D eigenvalue weighted by atomic mass is 32.2. The number of benzene rings is 3. The summed E-state index contributed by atoms with van der Waals surface area (Å²) < 4.78 is 75.1. The second kappa shape index (κ2) is 14.8. The predicted octanol–water partition coefficient (Wildman–Crippen LogP) is 5.82.